The molecule has 0 aliphatic carbocycles. The summed E-state index contributed by atoms with van der Waals surface area (Å²) in [6.07, 6.45) is 1.97. The minimum absolute atomic E-state index is 0.0337. The van der Waals surface area contributed by atoms with Crippen molar-refractivity contribution in [2.24, 2.45) is 0 Å². The molecular formula is C25H22N2O4S. The van der Waals surface area contributed by atoms with Crippen LogP contribution in [0, 0.1) is 0 Å². The summed E-state index contributed by atoms with van der Waals surface area (Å²) in [7, 11) is -3.17. The maximum Gasteiger partial charge on any atom is 0.255 e. The third-order valence-electron chi connectivity index (χ3n) is 5.83. The Kier molecular flexibility index (Phi) is 5.27. The summed E-state index contributed by atoms with van der Waals surface area (Å²) in [6, 6.07) is 22.2. The van der Waals surface area contributed by atoms with Crippen molar-refractivity contribution < 1.29 is 17.6 Å². The van der Waals surface area contributed by atoms with Crippen LogP contribution in [0.4, 0.5) is 0 Å². The van der Waals surface area contributed by atoms with Crippen LogP contribution in [0.5, 0.6) is 0 Å². The zero-order valence-corrected chi connectivity index (χ0v) is 18.2. The van der Waals surface area contributed by atoms with Gasteiger partial charge in [-0.3, -0.25) is 4.79 Å². The van der Waals surface area contributed by atoms with E-state index in [1.165, 1.54) is 0 Å². The number of hydrogen-bond acceptors (Lipinski definition) is 5. The molecule has 4 aromatic rings. The predicted octanol–water partition coefficient (Wildman–Crippen LogP) is 4.32. The van der Waals surface area contributed by atoms with Gasteiger partial charge < -0.3 is 9.32 Å². The number of hydrogen-bond donors (Lipinski definition) is 0. The maximum absolute atomic E-state index is 13.9. The van der Waals surface area contributed by atoms with Gasteiger partial charge in [-0.15, -0.1) is 0 Å². The molecule has 3 heterocycles. The third-order valence-corrected chi connectivity index (χ3v) is 7.58. The number of pyridine rings is 1. The number of carbonyl (C=O) groups excluding carboxylic acids is 1. The Morgan fingerprint density at radius 2 is 1.81 bits per heavy atom. The van der Waals surface area contributed by atoms with Crippen LogP contribution in [0.3, 0.4) is 0 Å². The Labute approximate surface area is 186 Å². The van der Waals surface area contributed by atoms with Crippen molar-refractivity contribution >= 4 is 26.6 Å². The van der Waals surface area contributed by atoms with Crippen LogP contribution in [-0.4, -0.2) is 41.8 Å². The number of aromatic nitrogens is 1. The molecule has 0 bridgehead atoms. The largest absolute Gasteiger partial charge is 0.467 e. The van der Waals surface area contributed by atoms with E-state index in [4.69, 9.17) is 9.40 Å². The predicted molar refractivity (Wildman–Crippen MR) is 123 cm³/mol. The fraction of sp³-hybridized carbons (Fsp3) is 0.200. The van der Waals surface area contributed by atoms with Crippen molar-refractivity contribution in [2.45, 2.75) is 19.0 Å². The lowest BCUT2D eigenvalue weighted by Crippen LogP contribution is -2.40. The fourth-order valence-electron chi connectivity index (χ4n) is 4.22. The first-order valence-corrected chi connectivity index (χ1v) is 12.3. The van der Waals surface area contributed by atoms with E-state index in [9.17, 15) is 13.2 Å². The van der Waals surface area contributed by atoms with Gasteiger partial charge in [-0.2, -0.15) is 0 Å². The van der Waals surface area contributed by atoms with Gasteiger partial charge in [0.15, 0.2) is 9.84 Å². The Hall–Kier alpha value is -3.45. The van der Waals surface area contributed by atoms with Crippen LogP contribution in [0.2, 0.25) is 0 Å². The van der Waals surface area contributed by atoms with Gasteiger partial charge in [0, 0.05) is 17.0 Å². The van der Waals surface area contributed by atoms with Crippen LogP contribution >= 0.6 is 0 Å². The van der Waals surface area contributed by atoms with Crippen LogP contribution in [0.25, 0.3) is 22.2 Å². The number of sulfone groups is 1. The molecule has 1 saturated heterocycles. The van der Waals surface area contributed by atoms with E-state index in [1.807, 2.05) is 54.6 Å². The standard InChI is InChI=1S/C25H22N2O4S/c28-25(27(16-20-9-6-13-31-20)19-12-14-32(29,30)17-19)22-15-24(18-7-2-1-3-8-18)26-23-11-5-4-10-21(22)23/h1-11,13,15,19H,12,14,16-17H2/t19-/m1/s1. The van der Waals surface area contributed by atoms with Crippen molar-refractivity contribution in [3.63, 3.8) is 0 Å². The first-order chi connectivity index (χ1) is 15.5. The molecule has 2 aromatic heterocycles. The van der Waals surface area contributed by atoms with Gasteiger partial charge in [-0.05, 0) is 30.7 Å². The Morgan fingerprint density at radius 1 is 1.03 bits per heavy atom. The number of benzene rings is 2. The van der Waals surface area contributed by atoms with Crippen molar-refractivity contribution in [2.75, 3.05) is 11.5 Å². The van der Waals surface area contributed by atoms with E-state index in [0.29, 0.717) is 29.0 Å². The molecule has 1 aliphatic heterocycles. The molecule has 32 heavy (non-hydrogen) atoms. The van der Waals surface area contributed by atoms with Crippen molar-refractivity contribution in [1.29, 1.82) is 0 Å². The highest BCUT2D eigenvalue weighted by atomic mass is 32.2. The minimum atomic E-state index is -3.17. The molecule has 0 N–H and O–H groups in total. The quantitative estimate of drug-likeness (QED) is 0.456. The monoisotopic (exact) mass is 446 g/mol. The van der Waals surface area contributed by atoms with Crippen LogP contribution in [0.1, 0.15) is 22.5 Å². The second-order valence-electron chi connectivity index (χ2n) is 8.01. The Morgan fingerprint density at radius 3 is 2.53 bits per heavy atom. The Balaban J connectivity index is 1.62. The first kappa shape index (κ1) is 20.5. The lowest BCUT2D eigenvalue weighted by atomic mass is 10.0. The van der Waals surface area contributed by atoms with Gasteiger partial charge in [-0.1, -0.05) is 48.5 Å². The number of carbonyl (C=O) groups is 1. The van der Waals surface area contributed by atoms with E-state index in [0.717, 1.165) is 10.9 Å². The molecule has 1 fully saturated rings. The van der Waals surface area contributed by atoms with Gasteiger partial charge in [0.05, 0.1) is 41.1 Å². The third kappa shape index (κ3) is 4.03. The van der Waals surface area contributed by atoms with E-state index >= 15 is 0 Å². The average Bonchev–Trinajstić information content (AvgIpc) is 3.46. The lowest BCUT2D eigenvalue weighted by molar-refractivity contribution is 0.0668. The van der Waals surface area contributed by atoms with Crippen molar-refractivity contribution in [3.8, 4) is 11.3 Å². The molecule has 0 spiro atoms. The van der Waals surface area contributed by atoms with Gasteiger partial charge in [-0.25, -0.2) is 13.4 Å². The number of furan rings is 1. The molecule has 0 unspecified atom stereocenters. The van der Waals surface area contributed by atoms with Crippen LogP contribution in [-0.2, 0) is 16.4 Å². The normalized spacial score (nSPS) is 17.4. The highest BCUT2D eigenvalue weighted by Crippen LogP contribution is 2.29. The molecule has 0 radical (unpaired) electrons. The van der Waals surface area contributed by atoms with Gasteiger partial charge in [0.2, 0.25) is 0 Å². The number of amides is 1. The van der Waals surface area contributed by atoms with Crippen LogP contribution in [0.15, 0.2) is 83.5 Å². The number of nitrogens with zero attached hydrogens (tertiary/aromatic N) is 2. The number of para-hydroxylation sites is 1. The highest BCUT2D eigenvalue weighted by Gasteiger charge is 2.36. The number of rotatable bonds is 5. The molecule has 5 rings (SSSR count). The smallest absolute Gasteiger partial charge is 0.255 e. The summed E-state index contributed by atoms with van der Waals surface area (Å²) in [4.78, 5) is 20.3. The summed E-state index contributed by atoms with van der Waals surface area (Å²) in [5, 5.41) is 0.738. The van der Waals surface area contributed by atoms with Gasteiger partial charge in [0.25, 0.3) is 5.91 Å². The summed E-state index contributed by atoms with van der Waals surface area (Å²) >= 11 is 0. The minimum Gasteiger partial charge on any atom is -0.467 e. The molecule has 6 nitrogen and oxygen atoms in total. The molecule has 0 saturated carbocycles. The molecular weight excluding hydrogens is 424 g/mol. The highest BCUT2D eigenvalue weighted by molar-refractivity contribution is 7.91. The average molecular weight is 447 g/mol. The molecule has 2 aromatic carbocycles. The summed E-state index contributed by atoms with van der Waals surface area (Å²) in [6.45, 7) is 0.212. The fourth-order valence-corrected chi connectivity index (χ4v) is 5.95. The lowest BCUT2D eigenvalue weighted by Gasteiger charge is -2.28. The summed E-state index contributed by atoms with van der Waals surface area (Å²) < 4.78 is 29.9. The zero-order valence-electron chi connectivity index (χ0n) is 17.3. The molecule has 7 heteroatoms. The summed E-state index contributed by atoms with van der Waals surface area (Å²) in [5.74, 6) is 0.448. The van der Waals surface area contributed by atoms with E-state index in [2.05, 4.69) is 0 Å². The maximum atomic E-state index is 13.9. The molecule has 162 valence electrons. The van der Waals surface area contributed by atoms with Crippen LogP contribution < -0.4 is 0 Å². The van der Waals surface area contributed by atoms with Gasteiger partial charge >= 0.3 is 0 Å². The number of fused-ring (bicyclic) bond motifs is 1. The van der Waals surface area contributed by atoms with Gasteiger partial charge in [0.1, 0.15) is 5.76 Å². The second-order valence-corrected chi connectivity index (χ2v) is 10.2. The first-order valence-electron chi connectivity index (χ1n) is 10.5. The molecule has 1 atom stereocenters. The SMILES string of the molecule is O=C(c1cc(-c2ccccc2)nc2ccccc12)N(Cc1ccco1)[C@@H]1CCS(=O)(=O)C1. The zero-order chi connectivity index (χ0) is 22.1. The van der Waals surface area contributed by atoms with Crippen molar-refractivity contribution in [3.05, 3.63) is 90.4 Å². The van der Waals surface area contributed by atoms with E-state index < -0.39 is 15.9 Å². The second kappa shape index (κ2) is 8.24. The molecule has 1 amide bonds. The topological polar surface area (TPSA) is 80.5 Å². The van der Waals surface area contributed by atoms with E-state index in [1.54, 1.807) is 29.4 Å². The van der Waals surface area contributed by atoms with E-state index in [-0.39, 0.29) is 24.0 Å². The Bertz CT molecular complexity index is 1370. The van der Waals surface area contributed by atoms with Crippen molar-refractivity contribution in [1.82, 2.24) is 9.88 Å². The summed E-state index contributed by atoms with van der Waals surface area (Å²) in [5.41, 5.74) is 2.83. The molecule has 1 aliphatic rings.